The van der Waals surface area contributed by atoms with Crippen molar-refractivity contribution in [2.45, 2.75) is 45.7 Å². The largest absolute Gasteiger partial charge is 0.349 e. The van der Waals surface area contributed by atoms with E-state index in [0.29, 0.717) is 0 Å². The highest BCUT2D eigenvalue weighted by Gasteiger charge is 2.26. The molecule has 1 atom stereocenters. The average molecular weight is 368 g/mol. The number of aryl methyl sites for hydroxylation is 1. The van der Waals surface area contributed by atoms with Gasteiger partial charge in [0.1, 0.15) is 5.82 Å². The molecule has 4 heteroatoms. The minimum Gasteiger partial charge on any atom is -0.349 e. The van der Waals surface area contributed by atoms with E-state index in [1.54, 1.807) is 0 Å². The van der Waals surface area contributed by atoms with Gasteiger partial charge in [-0.3, -0.25) is 9.69 Å². The van der Waals surface area contributed by atoms with Crippen LogP contribution >= 0.6 is 0 Å². The summed E-state index contributed by atoms with van der Waals surface area (Å²) in [6.07, 6.45) is 2.63. The Labute approximate surface area is 161 Å². The van der Waals surface area contributed by atoms with E-state index in [-0.39, 0.29) is 23.7 Å². The molecule has 1 heterocycles. The molecule has 1 amide bonds. The van der Waals surface area contributed by atoms with Crippen LogP contribution in [0.15, 0.2) is 48.5 Å². The summed E-state index contributed by atoms with van der Waals surface area (Å²) in [4.78, 5) is 15.1. The predicted molar refractivity (Wildman–Crippen MR) is 107 cm³/mol. The lowest BCUT2D eigenvalue weighted by molar-refractivity contribution is -0.127. The first-order chi connectivity index (χ1) is 13.0. The van der Waals surface area contributed by atoms with E-state index in [4.69, 9.17) is 0 Å². The van der Waals surface area contributed by atoms with Gasteiger partial charge in [-0.15, -0.1) is 0 Å². The zero-order valence-electron chi connectivity index (χ0n) is 16.2. The molecule has 1 aliphatic heterocycles. The molecule has 1 N–H and O–H groups in total. The van der Waals surface area contributed by atoms with E-state index in [1.807, 2.05) is 12.1 Å². The van der Waals surface area contributed by atoms with Gasteiger partial charge in [-0.2, -0.15) is 0 Å². The minimum absolute atomic E-state index is 0.0777. The first-order valence-electron chi connectivity index (χ1n) is 9.89. The number of nitrogens with one attached hydrogen (secondary N) is 1. The summed E-state index contributed by atoms with van der Waals surface area (Å²) in [5, 5.41) is 3.24. The van der Waals surface area contributed by atoms with Crippen LogP contribution in [-0.4, -0.2) is 23.9 Å². The van der Waals surface area contributed by atoms with Crippen molar-refractivity contribution in [3.05, 3.63) is 71.0 Å². The second kappa shape index (κ2) is 9.14. The van der Waals surface area contributed by atoms with Gasteiger partial charge in [-0.05, 0) is 62.5 Å². The van der Waals surface area contributed by atoms with Gasteiger partial charge >= 0.3 is 0 Å². The molecule has 0 aromatic heterocycles. The van der Waals surface area contributed by atoms with Gasteiger partial charge in [-0.1, -0.05) is 48.9 Å². The Kier molecular flexibility index (Phi) is 6.62. The highest BCUT2D eigenvalue weighted by molar-refractivity contribution is 5.79. The Morgan fingerprint density at radius 2 is 1.74 bits per heavy atom. The molecular weight excluding hydrogens is 339 g/mol. The zero-order valence-corrected chi connectivity index (χ0v) is 16.2. The Balaban J connectivity index is 1.50. The van der Waals surface area contributed by atoms with Crippen molar-refractivity contribution in [3.63, 3.8) is 0 Å². The van der Waals surface area contributed by atoms with Crippen molar-refractivity contribution < 1.29 is 9.18 Å². The molecule has 0 radical (unpaired) electrons. The molecule has 1 saturated heterocycles. The summed E-state index contributed by atoms with van der Waals surface area (Å²) >= 11 is 0. The molecule has 0 saturated carbocycles. The SMILES string of the molecule is CCC(NC(=O)C1CCN(Cc2ccc(F)cc2)CC1)c1ccc(C)cc1. The van der Waals surface area contributed by atoms with E-state index < -0.39 is 0 Å². The third kappa shape index (κ3) is 5.39. The summed E-state index contributed by atoms with van der Waals surface area (Å²) < 4.78 is 13.0. The topological polar surface area (TPSA) is 32.3 Å². The number of carbonyl (C=O) groups is 1. The van der Waals surface area contributed by atoms with Crippen LogP contribution in [0.25, 0.3) is 0 Å². The van der Waals surface area contributed by atoms with E-state index in [9.17, 15) is 9.18 Å². The normalized spacial score (nSPS) is 16.9. The Bertz CT molecular complexity index is 734. The number of hydrogen-bond acceptors (Lipinski definition) is 2. The van der Waals surface area contributed by atoms with E-state index in [0.717, 1.165) is 44.5 Å². The summed E-state index contributed by atoms with van der Waals surface area (Å²) in [6.45, 7) is 6.79. The summed E-state index contributed by atoms with van der Waals surface area (Å²) in [7, 11) is 0. The summed E-state index contributed by atoms with van der Waals surface area (Å²) in [5.41, 5.74) is 3.52. The van der Waals surface area contributed by atoms with Gasteiger partial charge in [0.15, 0.2) is 0 Å². The van der Waals surface area contributed by atoms with Gasteiger partial charge in [0.2, 0.25) is 5.91 Å². The van der Waals surface area contributed by atoms with Crippen LogP contribution in [0.4, 0.5) is 4.39 Å². The van der Waals surface area contributed by atoms with Gasteiger partial charge in [0, 0.05) is 12.5 Å². The molecule has 27 heavy (non-hydrogen) atoms. The number of piperidine rings is 1. The van der Waals surface area contributed by atoms with Crippen LogP contribution in [0.3, 0.4) is 0 Å². The maximum Gasteiger partial charge on any atom is 0.223 e. The highest BCUT2D eigenvalue weighted by atomic mass is 19.1. The fraction of sp³-hybridized carbons (Fsp3) is 0.435. The van der Waals surface area contributed by atoms with Gasteiger partial charge < -0.3 is 5.32 Å². The summed E-state index contributed by atoms with van der Waals surface area (Å²) in [6, 6.07) is 15.2. The van der Waals surface area contributed by atoms with Crippen LogP contribution < -0.4 is 5.32 Å². The third-order valence-corrected chi connectivity index (χ3v) is 5.48. The number of likely N-dealkylation sites (tertiary alicyclic amines) is 1. The fourth-order valence-electron chi connectivity index (χ4n) is 3.71. The second-order valence-electron chi connectivity index (χ2n) is 7.56. The van der Waals surface area contributed by atoms with E-state index in [2.05, 4.69) is 48.3 Å². The number of nitrogens with zero attached hydrogens (tertiary/aromatic N) is 1. The molecule has 3 rings (SSSR count). The Morgan fingerprint density at radius 1 is 1.11 bits per heavy atom. The average Bonchev–Trinajstić information content (AvgIpc) is 2.69. The maximum absolute atomic E-state index is 13.0. The summed E-state index contributed by atoms with van der Waals surface area (Å²) in [5.74, 6) is 0.0472. The van der Waals surface area contributed by atoms with Crippen molar-refractivity contribution in [3.8, 4) is 0 Å². The predicted octanol–water partition coefficient (Wildman–Crippen LogP) is 4.61. The molecule has 144 valence electrons. The molecule has 0 aliphatic carbocycles. The number of benzene rings is 2. The molecule has 0 spiro atoms. The molecule has 2 aromatic carbocycles. The first kappa shape index (κ1) is 19.6. The van der Waals surface area contributed by atoms with E-state index in [1.165, 1.54) is 23.3 Å². The van der Waals surface area contributed by atoms with E-state index >= 15 is 0 Å². The van der Waals surface area contributed by atoms with Crippen LogP contribution in [0.1, 0.15) is 48.9 Å². The molecule has 3 nitrogen and oxygen atoms in total. The second-order valence-corrected chi connectivity index (χ2v) is 7.56. The fourth-order valence-corrected chi connectivity index (χ4v) is 3.71. The Morgan fingerprint density at radius 3 is 2.33 bits per heavy atom. The number of hydrogen-bond donors (Lipinski definition) is 1. The van der Waals surface area contributed by atoms with Crippen LogP contribution in [-0.2, 0) is 11.3 Å². The molecule has 2 aromatic rings. The standard InChI is InChI=1S/C23H29FN2O/c1-3-22(19-8-4-17(2)5-9-19)25-23(27)20-12-14-26(15-13-20)16-18-6-10-21(24)11-7-18/h4-11,20,22H,3,12-16H2,1-2H3,(H,25,27). The maximum atomic E-state index is 13.0. The Hall–Kier alpha value is -2.20. The monoisotopic (exact) mass is 368 g/mol. The van der Waals surface area contributed by atoms with Crippen molar-refractivity contribution >= 4 is 5.91 Å². The van der Waals surface area contributed by atoms with Crippen molar-refractivity contribution in [2.75, 3.05) is 13.1 Å². The number of amides is 1. The number of rotatable bonds is 6. The zero-order chi connectivity index (χ0) is 19.2. The molecular formula is C23H29FN2O. The van der Waals surface area contributed by atoms with Gasteiger partial charge in [0.05, 0.1) is 6.04 Å². The van der Waals surface area contributed by atoms with Crippen molar-refractivity contribution in [1.29, 1.82) is 0 Å². The van der Waals surface area contributed by atoms with Crippen LogP contribution in [0, 0.1) is 18.7 Å². The van der Waals surface area contributed by atoms with Crippen LogP contribution in [0.5, 0.6) is 0 Å². The van der Waals surface area contributed by atoms with Crippen LogP contribution in [0.2, 0.25) is 0 Å². The lowest BCUT2D eigenvalue weighted by atomic mass is 9.94. The van der Waals surface area contributed by atoms with Crippen molar-refractivity contribution in [1.82, 2.24) is 10.2 Å². The van der Waals surface area contributed by atoms with Gasteiger partial charge in [-0.25, -0.2) is 4.39 Å². The minimum atomic E-state index is -0.201. The molecule has 1 unspecified atom stereocenters. The third-order valence-electron chi connectivity index (χ3n) is 5.48. The smallest absolute Gasteiger partial charge is 0.223 e. The molecule has 0 bridgehead atoms. The van der Waals surface area contributed by atoms with Crippen molar-refractivity contribution in [2.24, 2.45) is 5.92 Å². The lowest BCUT2D eigenvalue weighted by Gasteiger charge is -2.32. The first-order valence-corrected chi connectivity index (χ1v) is 9.89. The number of halogens is 1. The lowest BCUT2D eigenvalue weighted by Crippen LogP contribution is -2.41. The molecule has 1 aliphatic rings. The highest BCUT2D eigenvalue weighted by Crippen LogP contribution is 2.22. The quantitative estimate of drug-likeness (QED) is 0.807. The number of carbonyl (C=O) groups excluding carboxylic acids is 1. The van der Waals surface area contributed by atoms with Gasteiger partial charge in [0.25, 0.3) is 0 Å². The molecule has 1 fully saturated rings.